The van der Waals surface area contributed by atoms with Gasteiger partial charge in [-0.15, -0.1) is 11.3 Å². The average molecular weight is 387 g/mol. The molecule has 0 aliphatic heterocycles. The maximum absolute atomic E-state index is 12.1. The molecule has 1 unspecified atom stereocenters. The van der Waals surface area contributed by atoms with E-state index in [1.807, 2.05) is 0 Å². The van der Waals surface area contributed by atoms with E-state index in [1.165, 1.54) is 18.3 Å². The molecule has 5 nitrogen and oxygen atoms in total. The van der Waals surface area contributed by atoms with Crippen molar-refractivity contribution in [1.82, 2.24) is 10.3 Å². The lowest BCUT2D eigenvalue weighted by atomic mass is 9.99. The fraction of sp³-hybridized carbons (Fsp3) is 0.312. The maximum Gasteiger partial charge on any atom is 0.329 e. The number of carboxylic acids is 1. The van der Waals surface area contributed by atoms with Gasteiger partial charge in [-0.2, -0.15) is 0 Å². The van der Waals surface area contributed by atoms with Gasteiger partial charge in [0.15, 0.2) is 0 Å². The fourth-order valence-electron chi connectivity index (χ4n) is 1.98. The molecule has 128 valence electrons. The number of halogens is 2. The fourth-order valence-corrected chi connectivity index (χ4v) is 3.40. The van der Waals surface area contributed by atoms with Crippen LogP contribution in [0.25, 0.3) is 10.6 Å². The molecule has 0 spiro atoms. The number of hydrogen-bond acceptors (Lipinski definition) is 4. The van der Waals surface area contributed by atoms with E-state index in [1.54, 1.807) is 30.5 Å². The van der Waals surface area contributed by atoms with Crippen LogP contribution < -0.4 is 5.32 Å². The van der Waals surface area contributed by atoms with Crippen molar-refractivity contribution in [3.8, 4) is 10.6 Å². The number of rotatable bonds is 6. The Morgan fingerprint density at radius 1 is 1.38 bits per heavy atom. The topological polar surface area (TPSA) is 79.3 Å². The molecule has 0 radical (unpaired) electrons. The molecule has 0 fully saturated rings. The van der Waals surface area contributed by atoms with Crippen LogP contribution in [0.3, 0.4) is 0 Å². The molecule has 2 rings (SSSR count). The van der Waals surface area contributed by atoms with Crippen molar-refractivity contribution in [2.24, 2.45) is 0 Å². The van der Waals surface area contributed by atoms with Gasteiger partial charge in [0.25, 0.3) is 0 Å². The molecule has 0 aliphatic carbocycles. The first-order valence-corrected chi connectivity index (χ1v) is 8.83. The summed E-state index contributed by atoms with van der Waals surface area (Å²) >= 11 is 13.4. The molecule has 2 aromatic rings. The van der Waals surface area contributed by atoms with Crippen LogP contribution in [0.15, 0.2) is 23.6 Å². The quantitative estimate of drug-likeness (QED) is 0.785. The zero-order chi connectivity index (χ0) is 17.9. The van der Waals surface area contributed by atoms with E-state index in [0.717, 1.165) is 5.56 Å². The average Bonchev–Trinajstić information content (AvgIpc) is 2.94. The van der Waals surface area contributed by atoms with E-state index in [2.05, 4.69) is 10.3 Å². The molecule has 0 saturated carbocycles. The summed E-state index contributed by atoms with van der Waals surface area (Å²) in [6.45, 7) is 3.19. The Morgan fingerprint density at radius 2 is 2.08 bits per heavy atom. The third-order valence-corrected chi connectivity index (χ3v) is 5.12. The number of thiazole rings is 1. The Labute approximate surface area is 153 Å². The van der Waals surface area contributed by atoms with E-state index < -0.39 is 11.5 Å². The van der Waals surface area contributed by atoms with Gasteiger partial charge in [-0.1, -0.05) is 30.1 Å². The summed E-state index contributed by atoms with van der Waals surface area (Å²) in [5.41, 5.74) is 0.0131. The Morgan fingerprint density at radius 3 is 2.67 bits per heavy atom. The van der Waals surface area contributed by atoms with Crippen LogP contribution >= 0.6 is 34.5 Å². The molecule has 24 heavy (non-hydrogen) atoms. The van der Waals surface area contributed by atoms with Gasteiger partial charge in [-0.05, 0) is 31.5 Å². The second-order valence-corrected chi connectivity index (χ2v) is 7.19. The van der Waals surface area contributed by atoms with Gasteiger partial charge in [-0.3, -0.25) is 4.79 Å². The molecule has 1 heterocycles. The Balaban J connectivity index is 2.11. The van der Waals surface area contributed by atoms with Crippen molar-refractivity contribution >= 4 is 46.4 Å². The monoisotopic (exact) mass is 386 g/mol. The van der Waals surface area contributed by atoms with Crippen molar-refractivity contribution in [3.05, 3.63) is 39.3 Å². The lowest BCUT2D eigenvalue weighted by Gasteiger charge is -2.24. The second kappa shape index (κ2) is 7.51. The van der Waals surface area contributed by atoms with E-state index >= 15 is 0 Å². The molecule has 2 N–H and O–H groups in total. The maximum atomic E-state index is 12.1. The summed E-state index contributed by atoms with van der Waals surface area (Å²) in [6.07, 6.45) is 0.293. The standard InChI is InChI=1S/C16H16Cl2N2O3S/c1-3-16(2,15(22)23)20-13(21)7-10-8-24-14(19-10)11-5-4-9(17)6-12(11)18/h4-6,8H,3,7H2,1-2H3,(H,20,21)(H,22,23). The zero-order valence-corrected chi connectivity index (χ0v) is 15.4. The van der Waals surface area contributed by atoms with Crippen LogP contribution in [0, 0.1) is 0 Å². The first-order chi connectivity index (χ1) is 11.2. The highest BCUT2D eigenvalue weighted by Gasteiger charge is 2.32. The molecule has 1 atom stereocenters. The van der Waals surface area contributed by atoms with E-state index in [9.17, 15) is 14.7 Å². The summed E-state index contributed by atoms with van der Waals surface area (Å²) in [4.78, 5) is 27.7. The van der Waals surface area contributed by atoms with Crippen molar-refractivity contribution < 1.29 is 14.7 Å². The molecular formula is C16H16Cl2N2O3S. The Kier molecular flexibility index (Phi) is 5.85. The minimum absolute atomic E-state index is 0.00454. The highest BCUT2D eigenvalue weighted by molar-refractivity contribution is 7.13. The molecule has 1 amide bonds. The number of hydrogen-bond donors (Lipinski definition) is 2. The van der Waals surface area contributed by atoms with Crippen molar-refractivity contribution in [2.45, 2.75) is 32.2 Å². The third kappa shape index (κ3) is 4.26. The summed E-state index contributed by atoms with van der Waals surface area (Å²) in [5.74, 6) is -1.45. The van der Waals surface area contributed by atoms with Crippen LogP contribution in [0.2, 0.25) is 10.0 Å². The molecule has 0 bridgehead atoms. The second-order valence-electron chi connectivity index (χ2n) is 5.48. The van der Waals surface area contributed by atoms with Gasteiger partial charge in [0.1, 0.15) is 10.5 Å². The number of carboxylic acid groups (broad SMARTS) is 1. The largest absolute Gasteiger partial charge is 0.480 e. The number of aliphatic carboxylic acids is 1. The molecule has 0 saturated heterocycles. The number of aromatic nitrogens is 1. The summed E-state index contributed by atoms with van der Waals surface area (Å²) in [5, 5.41) is 15.2. The normalized spacial score (nSPS) is 13.3. The van der Waals surface area contributed by atoms with Gasteiger partial charge in [-0.25, -0.2) is 9.78 Å². The van der Waals surface area contributed by atoms with Crippen molar-refractivity contribution in [2.75, 3.05) is 0 Å². The van der Waals surface area contributed by atoms with Crippen LogP contribution in [0.4, 0.5) is 0 Å². The van der Waals surface area contributed by atoms with E-state index in [4.69, 9.17) is 23.2 Å². The predicted molar refractivity (Wildman–Crippen MR) is 95.7 cm³/mol. The Hall–Kier alpha value is -1.63. The number of amides is 1. The van der Waals surface area contributed by atoms with Crippen LogP contribution in [-0.4, -0.2) is 27.5 Å². The number of carbonyl (C=O) groups excluding carboxylic acids is 1. The highest BCUT2D eigenvalue weighted by Crippen LogP contribution is 2.32. The number of carbonyl (C=O) groups is 2. The number of nitrogens with one attached hydrogen (secondary N) is 1. The molecular weight excluding hydrogens is 371 g/mol. The van der Waals surface area contributed by atoms with Gasteiger partial charge in [0.2, 0.25) is 5.91 Å². The van der Waals surface area contributed by atoms with Crippen LogP contribution in [0.5, 0.6) is 0 Å². The minimum Gasteiger partial charge on any atom is -0.480 e. The van der Waals surface area contributed by atoms with Crippen molar-refractivity contribution in [1.29, 1.82) is 0 Å². The van der Waals surface area contributed by atoms with Crippen LogP contribution in [0.1, 0.15) is 26.0 Å². The summed E-state index contributed by atoms with van der Waals surface area (Å²) < 4.78 is 0. The lowest BCUT2D eigenvalue weighted by molar-refractivity contribution is -0.146. The van der Waals surface area contributed by atoms with Gasteiger partial charge < -0.3 is 10.4 Å². The van der Waals surface area contributed by atoms with Gasteiger partial charge in [0, 0.05) is 16.0 Å². The minimum atomic E-state index is -1.28. The Bertz CT molecular complexity index is 778. The van der Waals surface area contributed by atoms with Crippen molar-refractivity contribution in [3.63, 3.8) is 0 Å². The smallest absolute Gasteiger partial charge is 0.329 e. The zero-order valence-electron chi connectivity index (χ0n) is 13.1. The highest BCUT2D eigenvalue weighted by atomic mass is 35.5. The molecule has 1 aromatic carbocycles. The van der Waals surface area contributed by atoms with E-state index in [-0.39, 0.29) is 18.7 Å². The first-order valence-electron chi connectivity index (χ1n) is 7.19. The lowest BCUT2D eigenvalue weighted by Crippen LogP contribution is -2.52. The third-order valence-electron chi connectivity index (χ3n) is 3.65. The van der Waals surface area contributed by atoms with Crippen LogP contribution in [-0.2, 0) is 16.0 Å². The van der Waals surface area contributed by atoms with Gasteiger partial charge >= 0.3 is 5.97 Å². The number of benzene rings is 1. The SMILES string of the molecule is CCC(C)(NC(=O)Cc1csc(-c2ccc(Cl)cc2Cl)n1)C(=O)O. The predicted octanol–water partition coefficient (Wildman–Crippen LogP) is 4.03. The number of nitrogens with zero attached hydrogens (tertiary/aromatic N) is 1. The molecule has 8 heteroatoms. The van der Waals surface area contributed by atoms with E-state index in [0.29, 0.717) is 20.7 Å². The summed E-state index contributed by atoms with van der Waals surface area (Å²) in [6, 6.07) is 5.12. The first kappa shape index (κ1) is 18.7. The summed E-state index contributed by atoms with van der Waals surface area (Å²) in [7, 11) is 0. The molecule has 1 aromatic heterocycles. The van der Waals surface area contributed by atoms with Gasteiger partial charge in [0.05, 0.1) is 17.1 Å². The molecule has 0 aliphatic rings.